The SMILES string of the molecule is C[C@]1(O)CC[C@H]2[C@@H]3[C@@H](O)CC4=CC(=O)CC[C@@]4(C)[C@H]3CC[C@]21C. The molecular formula is C20H30O3. The van der Waals surface area contributed by atoms with E-state index in [0.717, 1.165) is 32.1 Å². The number of hydrogen-bond donors (Lipinski definition) is 2. The van der Waals surface area contributed by atoms with Crippen LogP contribution in [0.5, 0.6) is 0 Å². The van der Waals surface area contributed by atoms with Gasteiger partial charge in [-0.2, -0.15) is 0 Å². The van der Waals surface area contributed by atoms with Crippen molar-refractivity contribution in [2.75, 3.05) is 0 Å². The molecule has 2 N–H and O–H groups in total. The summed E-state index contributed by atoms with van der Waals surface area (Å²) >= 11 is 0. The summed E-state index contributed by atoms with van der Waals surface area (Å²) in [5.41, 5.74) is 0.586. The molecule has 4 aliphatic carbocycles. The van der Waals surface area contributed by atoms with Gasteiger partial charge in [-0.3, -0.25) is 4.79 Å². The van der Waals surface area contributed by atoms with Crippen LogP contribution >= 0.6 is 0 Å². The smallest absolute Gasteiger partial charge is 0.155 e. The summed E-state index contributed by atoms with van der Waals surface area (Å²) in [5, 5.41) is 21.9. The number of ketones is 1. The summed E-state index contributed by atoms with van der Waals surface area (Å²) < 4.78 is 0. The van der Waals surface area contributed by atoms with E-state index in [0.29, 0.717) is 24.7 Å². The Kier molecular flexibility index (Phi) is 3.23. The normalized spacial score (nSPS) is 55.7. The first-order valence-corrected chi connectivity index (χ1v) is 9.33. The fourth-order valence-electron chi connectivity index (χ4n) is 6.77. The molecule has 0 aromatic carbocycles. The van der Waals surface area contributed by atoms with E-state index in [1.807, 2.05) is 13.0 Å². The summed E-state index contributed by atoms with van der Waals surface area (Å²) in [6, 6.07) is 0. The molecule has 3 heteroatoms. The second-order valence-corrected chi connectivity index (χ2v) is 9.38. The van der Waals surface area contributed by atoms with E-state index in [1.165, 1.54) is 5.57 Å². The van der Waals surface area contributed by atoms with Crippen molar-refractivity contribution in [3.05, 3.63) is 11.6 Å². The first-order chi connectivity index (χ1) is 10.7. The monoisotopic (exact) mass is 318 g/mol. The topological polar surface area (TPSA) is 57.5 Å². The van der Waals surface area contributed by atoms with Crippen molar-refractivity contribution in [3.8, 4) is 0 Å². The Bertz CT molecular complexity index is 577. The van der Waals surface area contributed by atoms with Gasteiger partial charge in [-0.1, -0.05) is 19.4 Å². The number of aliphatic hydroxyl groups is 2. The predicted molar refractivity (Wildman–Crippen MR) is 88.7 cm³/mol. The fraction of sp³-hybridized carbons (Fsp3) is 0.850. The lowest BCUT2D eigenvalue weighted by atomic mass is 9.46. The second kappa shape index (κ2) is 4.70. The molecule has 0 radical (unpaired) electrons. The van der Waals surface area contributed by atoms with E-state index in [-0.39, 0.29) is 28.6 Å². The van der Waals surface area contributed by atoms with E-state index in [9.17, 15) is 15.0 Å². The molecule has 0 aliphatic heterocycles. The molecule has 128 valence electrons. The lowest BCUT2D eigenvalue weighted by molar-refractivity contribution is -0.147. The maximum atomic E-state index is 11.9. The zero-order valence-corrected chi connectivity index (χ0v) is 14.6. The first-order valence-electron chi connectivity index (χ1n) is 9.33. The average Bonchev–Trinajstić information content (AvgIpc) is 2.72. The van der Waals surface area contributed by atoms with Crippen LogP contribution in [-0.4, -0.2) is 27.7 Å². The molecule has 0 unspecified atom stereocenters. The Morgan fingerprint density at radius 1 is 1.09 bits per heavy atom. The Hall–Kier alpha value is -0.670. The van der Waals surface area contributed by atoms with Crippen LogP contribution in [-0.2, 0) is 4.79 Å². The van der Waals surface area contributed by atoms with Crippen LogP contribution in [0.2, 0.25) is 0 Å². The van der Waals surface area contributed by atoms with Crippen LogP contribution in [0, 0.1) is 28.6 Å². The number of aliphatic hydroxyl groups excluding tert-OH is 1. The van der Waals surface area contributed by atoms with E-state index in [1.54, 1.807) is 0 Å². The van der Waals surface area contributed by atoms with Gasteiger partial charge in [0.15, 0.2) is 5.78 Å². The summed E-state index contributed by atoms with van der Waals surface area (Å²) in [5.74, 6) is 1.37. The highest BCUT2D eigenvalue weighted by Crippen LogP contribution is 2.67. The average molecular weight is 318 g/mol. The number of rotatable bonds is 0. The molecule has 0 aromatic heterocycles. The van der Waals surface area contributed by atoms with Gasteiger partial charge in [0.2, 0.25) is 0 Å². The lowest BCUT2D eigenvalue weighted by Gasteiger charge is -2.60. The minimum absolute atomic E-state index is 0.0722. The van der Waals surface area contributed by atoms with E-state index < -0.39 is 5.60 Å². The molecule has 0 heterocycles. The highest BCUT2D eigenvalue weighted by Gasteiger charge is 2.64. The van der Waals surface area contributed by atoms with Gasteiger partial charge in [0.1, 0.15) is 0 Å². The van der Waals surface area contributed by atoms with Gasteiger partial charge < -0.3 is 10.2 Å². The molecule has 0 spiro atoms. The summed E-state index contributed by atoms with van der Waals surface area (Å²) in [6.45, 7) is 6.56. The molecular weight excluding hydrogens is 288 g/mol. The minimum Gasteiger partial charge on any atom is -0.392 e. The molecule has 3 nitrogen and oxygen atoms in total. The van der Waals surface area contributed by atoms with Crippen LogP contribution in [0.25, 0.3) is 0 Å². The molecule has 7 atom stereocenters. The van der Waals surface area contributed by atoms with Crippen LogP contribution in [0.4, 0.5) is 0 Å². The molecule has 0 saturated heterocycles. The lowest BCUT2D eigenvalue weighted by Crippen LogP contribution is -2.57. The molecule has 3 fully saturated rings. The number of carbonyl (C=O) groups excluding carboxylic acids is 1. The standard InChI is InChI=1S/C20H30O3/c1-18-7-4-13(21)10-12(18)11-16(22)17-14(18)5-8-19(2)15(17)6-9-20(19,3)23/h10,14-17,22-23H,4-9,11H2,1-3H3/t14-,15-,16-,17+,18+,19+,20-/m0/s1. The Balaban J connectivity index is 1.74. The Labute approximate surface area is 139 Å². The number of hydrogen-bond acceptors (Lipinski definition) is 3. The minimum atomic E-state index is -0.609. The highest BCUT2D eigenvalue weighted by atomic mass is 16.3. The Morgan fingerprint density at radius 2 is 1.78 bits per heavy atom. The van der Waals surface area contributed by atoms with Crippen molar-refractivity contribution in [2.45, 2.75) is 77.4 Å². The van der Waals surface area contributed by atoms with Gasteiger partial charge in [-0.15, -0.1) is 0 Å². The largest absolute Gasteiger partial charge is 0.392 e. The molecule has 23 heavy (non-hydrogen) atoms. The van der Waals surface area contributed by atoms with Crippen LogP contribution < -0.4 is 0 Å². The predicted octanol–water partition coefficient (Wildman–Crippen LogP) is 3.24. The van der Waals surface area contributed by atoms with Crippen molar-refractivity contribution < 1.29 is 15.0 Å². The molecule has 3 saturated carbocycles. The third-order valence-corrected chi connectivity index (χ3v) is 8.55. The van der Waals surface area contributed by atoms with Crippen molar-refractivity contribution in [2.24, 2.45) is 28.6 Å². The van der Waals surface area contributed by atoms with Crippen molar-refractivity contribution >= 4 is 5.78 Å². The van der Waals surface area contributed by atoms with Gasteiger partial charge in [0.25, 0.3) is 0 Å². The van der Waals surface area contributed by atoms with E-state index in [2.05, 4.69) is 13.8 Å². The van der Waals surface area contributed by atoms with Crippen LogP contribution in [0.1, 0.15) is 65.7 Å². The molecule has 4 rings (SSSR count). The number of fused-ring (bicyclic) bond motifs is 5. The first kappa shape index (κ1) is 15.8. The summed E-state index contributed by atoms with van der Waals surface area (Å²) in [6.07, 6.45) is 7.69. The third-order valence-electron chi connectivity index (χ3n) is 8.55. The van der Waals surface area contributed by atoms with Gasteiger partial charge in [-0.25, -0.2) is 0 Å². The van der Waals surface area contributed by atoms with E-state index >= 15 is 0 Å². The van der Waals surface area contributed by atoms with Gasteiger partial charge >= 0.3 is 0 Å². The Morgan fingerprint density at radius 3 is 2.52 bits per heavy atom. The third kappa shape index (κ3) is 1.93. The van der Waals surface area contributed by atoms with E-state index in [4.69, 9.17) is 0 Å². The maximum Gasteiger partial charge on any atom is 0.155 e. The van der Waals surface area contributed by atoms with Crippen LogP contribution in [0.3, 0.4) is 0 Å². The molecule has 0 amide bonds. The maximum absolute atomic E-state index is 11.9. The quantitative estimate of drug-likeness (QED) is 0.721. The van der Waals surface area contributed by atoms with Crippen molar-refractivity contribution in [1.29, 1.82) is 0 Å². The van der Waals surface area contributed by atoms with Gasteiger partial charge in [0.05, 0.1) is 11.7 Å². The van der Waals surface area contributed by atoms with Crippen molar-refractivity contribution in [3.63, 3.8) is 0 Å². The zero-order valence-electron chi connectivity index (χ0n) is 14.6. The summed E-state index contributed by atoms with van der Waals surface area (Å²) in [7, 11) is 0. The highest BCUT2D eigenvalue weighted by molar-refractivity contribution is 5.91. The molecule has 0 bridgehead atoms. The molecule has 4 aliphatic rings. The van der Waals surface area contributed by atoms with Gasteiger partial charge in [-0.05, 0) is 80.1 Å². The fourth-order valence-corrected chi connectivity index (χ4v) is 6.77. The second-order valence-electron chi connectivity index (χ2n) is 9.38. The molecule has 0 aromatic rings. The zero-order chi connectivity index (χ0) is 16.6. The number of carbonyl (C=O) groups is 1. The van der Waals surface area contributed by atoms with Crippen LogP contribution in [0.15, 0.2) is 11.6 Å². The van der Waals surface area contributed by atoms with Crippen molar-refractivity contribution in [1.82, 2.24) is 0 Å². The van der Waals surface area contributed by atoms with Gasteiger partial charge in [0, 0.05) is 6.42 Å². The summed E-state index contributed by atoms with van der Waals surface area (Å²) in [4.78, 5) is 11.9.